The van der Waals surface area contributed by atoms with Gasteiger partial charge in [-0.25, -0.2) is 4.39 Å². The maximum atomic E-state index is 13.3. The van der Waals surface area contributed by atoms with Gasteiger partial charge in [0.05, 0.1) is 6.04 Å². The van der Waals surface area contributed by atoms with Gasteiger partial charge in [0.1, 0.15) is 6.67 Å². The van der Waals surface area contributed by atoms with Crippen LogP contribution in [-0.4, -0.2) is 37.8 Å². The highest BCUT2D eigenvalue weighted by atomic mass is 79.9. The lowest BCUT2D eigenvalue weighted by Gasteiger charge is -2.34. The molecule has 1 fully saturated rings. The van der Waals surface area contributed by atoms with E-state index in [1.54, 1.807) is 0 Å². The van der Waals surface area contributed by atoms with E-state index in [0.717, 1.165) is 36.2 Å². The van der Waals surface area contributed by atoms with Gasteiger partial charge in [0.2, 0.25) is 0 Å². The summed E-state index contributed by atoms with van der Waals surface area (Å²) in [5, 5.41) is 3.92. The van der Waals surface area contributed by atoms with Gasteiger partial charge in [0.15, 0.2) is 0 Å². The first-order valence-electron chi connectivity index (χ1n) is 5.68. The zero-order valence-electron chi connectivity index (χ0n) is 10.2. The summed E-state index contributed by atoms with van der Waals surface area (Å²) in [5.74, 6) is 0. The van der Waals surface area contributed by atoms with Gasteiger partial charge in [-0.05, 0) is 23.8 Å². The monoisotopic (exact) mass is 392 g/mol. The van der Waals surface area contributed by atoms with Crippen LogP contribution in [0, 0.1) is 0 Å². The molecule has 0 amide bonds. The van der Waals surface area contributed by atoms with Crippen LogP contribution in [-0.2, 0) is 0 Å². The molecule has 1 aliphatic heterocycles. The molecule has 0 aromatic heterocycles. The zero-order chi connectivity index (χ0) is 12.3. The summed E-state index contributed by atoms with van der Waals surface area (Å²) >= 11 is 9.45. The van der Waals surface area contributed by atoms with E-state index >= 15 is 0 Å². The number of nitrogens with zero attached hydrogens (tertiary/aromatic N) is 1. The summed E-state index contributed by atoms with van der Waals surface area (Å²) in [4.78, 5) is 2.16. The van der Waals surface area contributed by atoms with Crippen molar-refractivity contribution in [2.75, 3.05) is 32.9 Å². The van der Waals surface area contributed by atoms with E-state index in [9.17, 15) is 4.39 Å². The lowest BCUT2D eigenvalue weighted by molar-refractivity contribution is 0.147. The van der Waals surface area contributed by atoms with Crippen molar-refractivity contribution in [1.82, 2.24) is 10.2 Å². The quantitative estimate of drug-likeness (QED) is 0.837. The molecule has 2 nitrogen and oxygen atoms in total. The fourth-order valence-electron chi connectivity index (χ4n) is 2.14. The van der Waals surface area contributed by atoms with Crippen molar-refractivity contribution in [3.05, 3.63) is 33.3 Å². The average molecular weight is 395 g/mol. The van der Waals surface area contributed by atoms with Gasteiger partial charge in [-0.1, -0.05) is 27.5 Å². The molecular weight excluding hydrogens is 377 g/mol. The maximum absolute atomic E-state index is 13.3. The Labute approximate surface area is 139 Å². The maximum Gasteiger partial charge on any atom is 0.109 e. The second-order valence-corrected chi connectivity index (χ2v) is 5.41. The number of hydrogen-bond acceptors (Lipinski definition) is 2. The Hall–Kier alpha value is 0.420. The first-order chi connectivity index (χ1) is 8.22. The van der Waals surface area contributed by atoms with Crippen LogP contribution in [0.3, 0.4) is 0 Å². The van der Waals surface area contributed by atoms with Crippen molar-refractivity contribution in [3.63, 3.8) is 0 Å². The summed E-state index contributed by atoms with van der Waals surface area (Å²) in [6.07, 6.45) is 0. The summed E-state index contributed by atoms with van der Waals surface area (Å²) in [6.45, 7) is 3.17. The smallest absolute Gasteiger partial charge is 0.109 e. The van der Waals surface area contributed by atoms with Crippen LogP contribution in [0.25, 0.3) is 0 Å². The summed E-state index contributed by atoms with van der Waals surface area (Å²) in [6, 6.07) is 5.33. The number of benzene rings is 1. The molecule has 2 rings (SSSR count). The van der Waals surface area contributed by atoms with Gasteiger partial charge in [0.25, 0.3) is 0 Å². The van der Waals surface area contributed by atoms with E-state index in [-0.39, 0.29) is 37.5 Å². The minimum Gasteiger partial charge on any atom is -0.314 e. The first kappa shape index (κ1) is 19.4. The normalized spacial score (nSPS) is 17.2. The van der Waals surface area contributed by atoms with Crippen LogP contribution in [0.5, 0.6) is 0 Å². The summed E-state index contributed by atoms with van der Waals surface area (Å²) in [7, 11) is 0. The molecule has 19 heavy (non-hydrogen) atoms. The number of hydrogen-bond donors (Lipinski definition) is 1. The Morgan fingerprint density at radius 3 is 2.53 bits per heavy atom. The van der Waals surface area contributed by atoms with E-state index in [2.05, 4.69) is 26.1 Å². The lowest BCUT2D eigenvalue weighted by Crippen LogP contribution is -2.45. The van der Waals surface area contributed by atoms with Crippen molar-refractivity contribution >= 4 is 52.3 Å². The van der Waals surface area contributed by atoms with Gasteiger partial charge in [-0.3, -0.25) is 4.90 Å². The Bertz CT molecular complexity index is 389. The molecule has 0 spiro atoms. The molecule has 7 heteroatoms. The van der Waals surface area contributed by atoms with E-state index in [1.807, 2.05) is 18.2 Å². The molecule has 1 aliphatic rings. The number of piperazine rings is 1. The molecule has 110 valence electrons. The first-order valence-corrected chi connectivity index (χ1v) is 6.85. The minimum absolute atomic E-state index is 0. The number of halogens is 5. The third kappa shape index (κ3) is 5.03. The molecule has 0 radical (unpaired) electrons. The Morgan fingerprint density at radius 1 is 1.32 bits per heavy atom. The number of alkyl halides is 1. The second kappa shape index (κ2) is 9.37. The molecule has 1 saturated heterocycles. The predicted molar refractivity (Wildman–Crippen MR) is 86.8 cm³/mol. The molecule has 1 aromatic rings. The van der Waals surface area contributed by atoms with Crippen LogP contribution >= 0.6 is 52.3 Å². The predicted octanol–water partition coefficient (Wildman–Crippen LogP) is 3.86. The van der Waals surface area contributed by atoms with E-state index < -0.39 is 0 Å². The Balaban J connectivity index is 0.00000162. The van der Waals surface area contributed by atoms with E-state index in [1.165, 1.54) is 0 Å². The fourth-order valence-corrected chi connectivity index (χ4v) is 2.83. The Morgan fingerprint density at radius 2 is 1.95 bits per heavy atom. The van der Waals surface area contributed by atoms with Crippen molar-refractivity contribution in [2.45, 2.75) is 6.04 Å². The van der Waals surface area contributed by atoms with Crippen LogP contribution in [0.15, 0.2) is 22.7 Å². The summed E-state index contributed by atoms with van der Waals surface area (Å²) < 4.78 is 14.2. The number of rotatable bonds is 3. The average Bonchev–Trinajstić information content (AvgIpc) is 2.36. The van der Waals surface area contributed by atoms with Crippen LogP contribution in [0.4, 0.5) is 4.39 Å². The van der Waals surface area contributed by atoms with Crippen molar-refractivity contribution in [3.8, 4) is 0 Å². The third-order valence-electron chi connectivity index (χ3n) is 3.06. The van der Waals surface area contributed by atoms with Gasteiger partial charge >= 0.3 is 0 Å². The van der Waals surface area contributed by atoms with Gasteiger partial charge < -0.3 is 5.32 Å². The SMILES string of the molecule is Cl.Cl.FC[C@@H](c1cc(Cl)ccc1Br)N1CCNCC1. The summed E-state index contributed by atoms with van der Waals surface area (Å²) in [5.41, 5.74) is 0.932. The van der Waals surface area contributed by atoms with Crippen LogP contribution < -0.4 is 5.32 Å². The highest BCUT2D eigenvalue weighted by molar-refractivity contribution is 9.10. The van der Waals surface area contributed by atoms with Gasteiger partial charge in [-0.2, -0.15) is 0 Å². The molecule has 1 heterocycles. The Kier molecular flexibility index (Phi) is 9.58. The third-order valence-corrected chi connectivity index (χ3v) is 4.01. The molecule has 0 bridgehead atoms. The van der Waals surface area contributed by atoms with Gasteiger partial charge in [-0.15, -0.1) is 24.8 Å². The highest BCUT2D eigenvalue weighted by Gasteiger charge is 2.23. The lowest BCUT2D eigenvalue weighted by atomic mass is 10.1. The van der Waals surface area contributed by atoms with E-state index in [0.29, 0.717) is 5.02 Å². The molecule has 0 saturated carbocycles. The highest BCUT2D eigenvalue weighted by Crippen LogP contribution is 2.30. The minimum atomic E-state index is -0.390. The van der Waals surface area contributed by atoms with Crippen molar-refractivity contribution in [1.29, 1.82) is 0 Å². The van der Waals surface area contributed by atoms with Gasteiger partial charge in [0, 0.05) is 35.7 Å². The van der Waals surface area contributed by atoms with Crippen molar-refractivity contribution < 1.29 is 4.39 Å². The zero-order valence-corrected chi connectivity index (χ0v) is 14.2. The molecule has 0 aliphatic carbocycles. The number of nitrogens with one attached hydrogen (secondary N) is 1. The molecule has 1 atom stereocenters. The molecule has 0 unspecified atom stereocenters. The largest absolute Gasteiger partial charge is 0.314 e. The van der Waals surface area contributed by atoms with Crippen LogP contribution in [0.2, 0.25) is 5.02 Å². The van der Waals surface area contributed by atoms with Crippen LogP contribution in [0.1, 0.15) is 11.6 Å². The molecular formula is C12H17BrCl3FN2. The molecule has 1 N–H and O–H groups in total. The second-order valence-electron chi connectivity index (χ2n) is 4.12. The standard InChI is InChI=1S/C12H15BrClFN2.2ClH/c13-11-2-1-9(14)7-10(11)12(8-15)17-5-3-16-4-6-17;;/h1-2,7,12,16H,3-6,8H2;2*1H/t12-;;/m0../s1. The topological polar surface area (TPSA) is 15.3 Å². The fraction of sp³-hybridized carbons (Fsp3) is 0.500. The van der Waals surface area contributed by atoms with Crippen molar-refractivity contribution in [2.24, 2.45) is 0 Å². The van der Waals surface area contributed by atoms with E-state index in [4.69, 9.17) is 11.6 Å². The molecule has 1 aromatic carbocycles.